The number of hydrogen-bond donors (Lipinski definition) is 0. The Morgan fingerprint density at radius 2 is 1.97 bits per heavy atom. The van der Waals surface area contributed by atoms with Gasteiger partial charge in [-0.3, -0.25) is 4.18 Å². The fourth-order valence-electron chi connectivity index (χ4n) is 3.73. The van der Waals surface area contributed by atoms with Crippen LogP contribution in [0.5, 0.6) is 0 Å². The lowest BCUT2D eigenvalue weighted by atomic mass is 9.92. The number of alkyl halides is 3. The number of hydrogen-bond acceptors (Lipinski definition) is 5. The monoisotopic (exact) mass is 469 g/mol. The third-order valence-electron chi connectivity index (χ3n) is 5.52. The van der Waals surface area contributed by atoms with Crippen LogP contribution >= 0.6 is 11.3 Å². The predicted molar refractivity (Wildman–Crippen MR) is 114 cm³/mol. The van der Waals surface area contributed by atoms with E-state index in [-0.39, 0.29) is 17.4 Å². The Bertz CT molecular complexity index is 1120. The van der Waals surface area contributed by atoms with E-state index in [4.69, 9.17) is 4.18 Å². The van der Waals surface area contributed by atoms with E-state index < -0.39 is 21.9 Å². The number of thiazole rings is 1. The summed E-state index contributed by atoms with van der Waals surface area (Å²) in [4.78, 5) is 5.88. The summed E-state index contributed by atoms with van der Waals surface area (Å²) in [7, 11) is -3.83. The van der Waals surface area contributed by atoms with Crippen LogP contribution in [0.1, 0.15) is 48.2 Å². The molecule has 2 aliphatic rings. The van der Waals surface area contributed by atoms with Crippen LogP contribution in [0.3, 0.4) is 0 Å². The number of aryl methyl sites for hydroxylation is 1. The molecule has 2 unspecified atom stereocenters. The first kappa shape index (κ1) is 22.2. The second-order valence-electron chi connectivity index (χ2n) is 7.91. The summed E-state index contributed by atoms with van der Waals surface area (Å²) < 4.78 is 68.9. The lowest BCUT2D eigenvalue weighted by molar-refractivity contribution is -0.137. The minimum absolute atomic E-state index is 0.00620. The normalized spacial score (nSPS) is 21.6. The number of aromatic nitrogens is 1. The van der Waals surface area contributed by atoms with Gasteiger partial charge in [0.25, 0.3) is 10.1 Å². The highest BCUT2D eigenvalue weighted by Crippen LogP contribution is 2.39. The lowest BCUT2D eigenvalue weighted by Crippen LogP contribution is -2.18. The third kappa shape index (κ3) is 4.94. The van der Waals surface area contributed by atoms with Crippen LogP contribution in [0.25, 0.3) is 10.6 Å². The molecule has 2 atom stereocenters. The van der Waals surface area contributed by atoms with Crippen molar-refractivity contribution < 1.29 is 25.8 Å². The van der Waals surface area contributed by atoms with Crippen LogP contribution in [0.2, 0.25) is 0 Å². The smallest absolute Gasteiger partial charge is 0.266 e. The van der Waals surface area contributed by atoms with Crippen molar-refractivity contribution in [1.29, 1.82) is 0 Å². The van der Waals surface area contributed by atoms with E-state index in [2.05, 4.69) is 4.98 Å². The first-order chi connectivity index (χ1) is 14.6. The molecule has 0 saturated heterocycles. The van der Waals surface area contributed by atoms with Crippen molar-refractivity contribution in [2.24, 2.45) is 5.92 Å². The topological polar surface area (TPSA) is 56.3 Å². The van der Waals surface area contributed by atoms with Gasteiger partial charge in [-0.25, -0.2) is 4.98 Å². The highest BCUT2D eigenvalue weighted by atomic mass is 32.2. The molecule has 0 saturated carbocycles. The highest BCUT2D eigenvalue weighted by molar-refractivity contribution is 7.90. The predicted octanol–water partition coefficient (Wildman–Crippen LogP) is 6.08. The molecule has 2 aliphatic carbocycles. The molecule has 0 fully saturated rings. The number of rotatable bonds is 5. The Labute approximate surface area is 183 Å². The summed E-state index contributed by atoms with van der Waals surface area (Å²) in [6, 6.07) is 4.95. The maximum atomic E-state index is 12.8. The summed E-state index contributed by atoms with van der Waals surface area (Å²) in [6.45, 7) is 2.02. The SMILES string of the molecule is CC1C=CC(S(=O)(=O)OCC2CCCc3sc(-c4ccc(C(F)(F)F)cc4)nc32)=CC1. The molecule has 0 amide bonds. The molecular weight excluding hydrogens is 447 g/mol. The Hall–Kier alpha value is -1.97. The van der Waals surface area contributed by atoms with Crippen molar-refractivity contribution in [2.75, 3.05) is 6.61 Å². The quantitative estimate of drug-likeness (QED) is 0.499. The number of halogens is 3. The molecule has 1 aromatic carbocycles. The molecule has 1 aromatic heterocycles. The average molecular weight is 470 g/mol. The van der Waals surface area contributed by atoms with Gasteiger partial charge in [0.2, 0.25) is 0 Å². The van der Waals surface area contributed by atoms with Gasteiger partial charge in [0.05, 0.1) is 22.8 Å². The van der Waals surface area contributed by atoms with E-state index >= 15 is 0 Å². The molecule has 2 aromatic rings. The number of benzene rings is 1. The van der Waals surface area contributed by atoms with Crippen molar-refractivity contribution in [3.63, 3.8) is 0 Å². The molecule has 4 nitrogen and oxygen atoms in total. The van der Waals surface area contributed by atoms with Crippen molar-refractivity contribution >= 4 is 21.5 Å². The van der Waals surface area contributed by atoms with Crippen molar-refractivity contribution in [3.8, 4) is 10.6 Å². The average Bonchev–Trinajstić information content (AvgIpc) is 3.17. The van der Waals surface area contributed by atoms with Crippen LogP contribution < -0.4 is 0 Å². The Balaban J connectivity index is 1.50. The van der Waals surface area contributed by atoms with Gasteiger partial charge in [-0.2, -0.15) is 21.6 Å². The molecule has 0 bridgehead atoms. The molecule has 1 heterocycles. The summed E-state index contributed by atoms with van der Waals surface area (Å²) in [6.07, 6.45) is 3.86. The first-order valence-electron chi connectivity index (χ1n) is 10.1. The standard InChI is InChI=1S/C22H22F3NO3S2/c1-14-5-11-18(12-6-14)31(27,28)29-13-16-3-2-4-19-20(16)26-21(30-19)15-7-9-17(10-8-15)22(23,24)25/h5,7-12,14,16H,2-4,6,13H2,1H3. The van der Waals surface area contributed by atoms with Crippen molar-refractivity contribution in [2.45, 2.75) is 44.7 Å². The van der Waals surface area contributed by atoms with E-state index in [1.807, 2.05) is 13.0 Å². The van der Waals surface area contributed by atoms with Gasteiger partial charge in [0.1, 0.15) is 5.01 Å². The molecule has 0 radical (unpaired) electrons. The fourth-order valence-corrected chi connectivity index (χ4v) is 5.95. The van der Waals surface area contributed by atoms with Gasteiger partial charge in [0.15, 0.2) is 0 Å². The molecule has 0 spiro atoms. The Morgan fingerprint density at radius 1 is 1.23 bits per heavy atom. The summed E-state index contributed by atoms with van der Waals surface area (Å²) in [5.74, 6) is 0.142. The molecule has 166 valence electrons. The van der Waals surface area contributed by atoms with Crippen LogP contribution in [0, 0.1) is 5.92 Å². The summed E-state index contributed by atoms with van der Waals surface area (Å²) in [5.41, 5.74) is 0.712. The largest absolute Gasteiger partial charge is 0.416 e. The van der Waals surface area contributed by atoms with Gasteiger partial charge in [0, 0.05) is 16.4 Å². The van der Waals surface area contributed by atoms with Gasteiger partial charge in [-0.1, -0.05) is 31.2 Å². The van der Waals surface area contributed by atoms with E-state index in [1.165, 1.54) is 23.5 Å². The molecule has 31 heavy (non-hydrogen) atoms. The minimum atomic E-state index is -4.38. The zero-order valence-electron chi connectivity index (χ0n) is 16.9. The third-order valence-corrected chi connectivity index (χ3v) is 8.03. The Kier molecular flexibility index (Phi) is 6.11. The zero-order chi connectivity index (χ0) is 22.2. The fraction of sp³-hybridized carbons (Fsp3) is 0.409. The van der Waals surface area contributed by atoms with E-state index in [0.717, 1.165) is 42.0 Å². The zero-order valence-corrected chi connectivity index (χ0v) is 18.5. The summed E-state index contributed by atoms with van der Waals surface area (Å²) >= 11 is 1.45. The number of nitrogens with zero attached hydrogens (tertiary/aromatic N) is 1. The molecule has 9 heteroatoms. The van der Waals surface area contributed by atoms with Gasteiger partial charge >= 0.3 is 6.18 Å². The second kappa shape index (κ2) is 8.52. The first-order valence-corrected chi connectivity index (χ1v) is 12.3. The Morgan fingerprint density at radius 3 is 2.61 bits per heavy atom. The second-order valence-corrected chi connectivity index (χ2v) is 10.6. The number of fused-ring (bicyclic) bond motifs is 1. The van der Waals surface area contributed by atoms with Crippen LogP contribution in [0.15, 0.2) is 47.4 Å². The van der Waals surface area contributed by atoms with E-state index in [9.17, 15) is 21.6 Å². The van der Waals surface area contributed by atoms with Crippen molar-refractivity contribution in [3.05, 3.63) is 63.5 Å². The highest BCUT2D eigenvalue weighted by Gasteiger charge is 2.31. The van der Waals surface area contributed by atoms with Crippen LogP contribution in [-0.2, 0) is 26.9 Å². The molecule has 0 N–H and O–H groups in total. The van der Waals surface area contributed by atoms with Crippen LogP contribution in [-0.4, -0.2) is 20.0 Å². The van der Waals surface area contributed by atoms with Gasteiger partial charge < -0.3 is 0 Å². The van der Waals surface area contributed by atoms with Crippen molar-refractivity contribution in [1.82, 2.24) is 4.98 Å². The van der Waals surface area contributed by atoms with E-state index in [1.54, 1.807) is 12.2 Å². The lowest BCUT2D eigenvalue weighted by Gasteiger charge is -2.21. The molecule has 0 aliphatic heterocycles. The van der Waals surface area contributed by atoms with E-state index in [0.29, 0.717) is 22.9 Å². The maximum absolute atomic E-state index is 12.8. The molecular formula is C22H22F3NO3S2. The van der Waals surface area contributed by atoms with Gasteiger partial charge in [-0.15, -0.1) is 11.3 Å². The van der Waals surface area contributed by atoms with Gasteiger partial charge in [-0.05, 0) is 49.8 Å². The summed E-state index contributed by atoms with van der Waals surface area (Å²) in [5, 5.41) is 0.639. The number of allylic oxidation sites excluding steroid dienone is 3. The minimum Gasteiger partial charge on any atom is -0.266 e. The maximum Gasteiger partial charge on any atom is 0.416 e. The molecule has 4 rings (SSSR count). The van der Waals surface area contributed by atoms with Crippen LogP contribution in [0.4, 0.5) is 13.2 Å².